The Morgan fingerprint density at radius 1 is 1.31 bits per heavy atom. The second-order valence-corrected chi connectivity index (χ2v) is 4.98. The molecular formula is C12H18BrN3. The fraction of sp³-hybridized carbons (Fsp3) is 0.583. The number of likely N-dealkylation sites (N-methyl/N-ethyl adjacent to an activating group) is 1. The third-order valence-electron chi connectivity index (χ3n) is 3.18. The number of nitrogens with zero attached hydrogens (tertiary/aromatic N) is 3. The monoisotopic (exact) mass is 283 g/mol. The molecule has 0 saturated carbocycles. The van der Waals surface area contributed by atoms with Crippen molar-refractivity contribution in [2.45, 2.75) is 13.8 Å². The van der Waals surface area contributed by atoms with E-state index in [1.54, 1.807) is 0 Å². The average molecular weight is 284 g/mol. The third-order valence-corrected chi connectivity index (χ3v) is 4.16. The molecular weight excluding hydrogens is 266 g/mol. The smallest absolute Gasteiger partial charge is 0.143 e. The summed E-state index contributed by atoms with van der Waals surface area (Å²) in [5.74, 6) is 1.09. The molecule has 1 saturated heterocycles. The second kappa shape index (κ2) is 5.15. The van der Waals surface area contributed by atoms with Crippen LogP contribution in [0.15, 0.2) is 16.7 Å². The highest BCUT2D eigenvalue weighted by Crippen LogP contribution is 2.27. The number of hydrogen-bond acceptors (Lipinski definition) is 3. The van der Waals surface area contributed by atoms with Gasteiger partial charge in [-0.2, -0.15) is 0 Å². The minimum Gasteiger partial charge on any atom is -0.353 e. The highest BCUT2D eigenvalue weighted by atomic mass is 79.9. The van der Waals surface area contributed by atoms with E-state index >= 15 is 0 Å². The molecule has 0 unspecified atom stereocenters. The summed E-state index contributed by atoms with van der Waals surface area (Å²) in [7, 11) is 0. The van der Waals surface area contributed by atoms with Crippen LogP contribution in [-0.4, -0.2) is 42.6 Å². The molecule has 1 fully saturated rings. The van der Waals surface area contributed by atoms with Gasteiger partial charge in [0.05, 0.1) is 4.47 Å². The van der Waals surface area contributed by atoms with Gasteiger partial charge in [-0.25, -0.2) is 4.98 Å². The van der Waals surface area contributed by atoms with Crippen LogP contribution in [0.4, 0.5) is 5.82 Å². The first kappa shape index (κ1) is 11.9. The van der Waals surface area contributed by atoms with Crippen LogP contribution >= 0.6 is 15.9 Å². The maximum absolute atomic E-state index is 4.47. The largest absolute Gasteiger partial charge is 0.353 e. The normalized spacial score (nSPS) is 17.8. The van der Waals surface area contributed by atoms with Crippen LogP contribution in [0.1, 0.15) is 12.5 Å². The standard InChI is InChI=1S/C12H18BrN3/c1-3-15-6-8-16(9-7-15)12-11(13)10(2)4-5-14-12/h4-5H,3,6-9H2,1-2H3. The minimum atomic E-state index is 1.07. The molecule has 1 aromatic rings. The molecule has 88 valence electrons. The van der Waals surface area contributed by atoms with Gasteiger partial charge in [0.15, 0.2) is 0 Å². The van der Waals surface area contributed by atoms with Crippen LogP contribution < -0.4 is 4.90 Å². The summed E-state index contributed by atoms with van der Waals surface area (Å²) in [6.45, 7) is 9.90. The molecule has 1 aliphatic heterocycles. The molecule has 0 spiro atoms. The first-order valence-corrected chi connectivity index (χ1v) is 6.60. The molecule has 2 heterocycles. The van der Waals surface area contributed by atoms with Crippen LogP contribution in [0.25, 0.3) is 0 Å². The first-order chi connectivity index (χ1) is 7.72. The van der Waals surface area contributed by atoms with E-state index in [0.29, 0.717) is 0 Å². The van der Waals surface area contributed by atoms with Crippen LogP contribution in [-0.2, 0) is 0 Å². The lowest BCUT2D eigenvalue weighted by Gasteiger charge is -2.35. The van der Waals surface area contributed by atoms with E-state index in [2.05, 4.69) is 44.6 Å². The Bertz CT molecular complexity index is 359. The maximum atomic E-state index is 4.47. The third kappa shape index (κ3) is 2.38. The van der Waals surface area contributed by atoms with Gasteiger partial charge in [-0.15, -0.1) is 0 Å². The molecule has 0 aromatic carbocycles. The highest BCUT2D eigenvalue weighted by molar-refractivity contribution is 9.10. The summed E-state index contributed by atoms with van der Waals surface area (Å²) in [5.41, 5.74) is 1.25. The zero-order chi connectivity index (χ0) is 11.5. The summed E-state index contributed by atoms with van der Waals surface area (Å²) in [4.78, 5) is 9.31. The molecule has 1 aliphatic rings. The Morgan fingerprint density at radius 3 is 2.62 bits per heavy atom. The molecule has 4 heteroatoms. The van der Waals surface area contributed by atoms with Gasteiger partial charge in [0, 0.05) is 32.4 Å². The summed E-state index contributed by atoms with van der Waals surface area (Å²) in [5, 5.41) is 0. The molecule has 0 bridgehead atoms. The Morgan fingerprint density at radius 2 is 2.00 bits per heavy atom. The number of hydrogen-bond donors (Lipinski definition) is 0. The Hall–Kier alpha value is -0.610. The summed E-state index contributed by atoms with van der Waals surface area (Å²) >= 11 is 3.63. The highest BCUT2D eigenvalue weighted by Gasteiger charge is 2.18. The van der Waals surface area contributed by atoms with E-state index in [4.69, 9.17) is 0 Å². The quantitative estimate of drug-likeness (QED) is 0.830. The molecule has 16 heavy (non-hydrogen) atoms. The number of halogens is 1. The first-order valence-electron chi connectivity index (χ1n) is 5.80. The molecule has 1 aromatic heterocycles. The average Bonchev–Trinajstić information content (AvgIpc) is 2.33. The Kier molecular flexibility index (Phi) is 3.82. The number of rotatable bonds is 2. The van der Waals surface area contributed by atoms with Gasteiger partial charge in [-0.1, -0.05) is 6.92 Å². The van der Waals surface area contributed by atoms with Crippen molar-refractivity contribution >= 4 is 21.7 Å². The predicted octanol–water partition coefficient (Wildman–Crippen LogP) is 2.29. The van der Waals surface area contributed by atoms with E-state index < -0.39 is 0 Å². The SMILES string of the molecule is CCN1CCN(c2nccc(C)c2Br)CC1. The lowest BCUT2D eigenvalue weighted by molar-refractivity contribution is 0.270. The fourth-order valence-corrected chi connectivity index (χ4v) is 2.51. The number of aryl methyl sites for hydroxylation is 1. The number of pyridine rings is 1. The van der Waals surface area contributed by atoms with Crippen molar-refractivity contribution in [3.8, 4) is 0 Å². The molecule has 0 amide bonds. The predicted molar refractivity (Wildman–Crippen MR) is 71.0 cm³/mol. The van der Waals surface area contributed by atoms with Crippen molar-refractivity contribution in [3.05, 3.63) is 22.3 Å². The van der Waals surface area contributed by atoms with Crippen molar-refractivity contribution in [1.29, 1.82) is 0 Å². The van der Waals surface area contributed by atoms with E-state index in [-0.39, 0.29) is 0 Å². The summed E-state index contributed by atoms with van der Waals surface area (Å²) < 4.78 is 1.14. The topological polar surface area (TPSA) is 19.4 Å². The van der Waals surface area contributed by atoms with Crippen molar-refractivity contribution in [1.82, 2.24) is 9.88 Å². The Labute approximate surface area is 106 Å². The van der Waals surface area contributed by atoms with Gasteiger partial charge in [0.2, 0.25) is 0 Å². The molecule has 0 aliphatic carbocycles. The number of piperazine rings is 1. The van der Waals surface area contributed by atoms with Gasteiger partial charge in [-0.3, -0.25) is 0 Å². The van der Waals surface area contributed by atoms with Gasteiger partial charge in [0.1, 0.15) is 5.82 Å². The van der Waals surface area contributed by atoms with Crippen molar-refractivity contribution in [2.75, 3.05) is 37.6 Å². The zero-order valence-corrected chi connectivity index (χ0v) is 11.5. The van der Waals surface area contributed by atoms with Crippen LogP contribution in [0, 0.1) is 6.92 Å². The van der Waals surface area contributed by atoms with Crippen molar-refractivity contribution in [3.63, 3.8) is 0 Å². The molecule has 0 atom stereocenters. The fourth-order valence-electron chi connectivity index (χ4n) is 2.02. The van der Waals surface area contributed by atoms with Gasteiger partial charge < -0.3 is 9.80 Å². The van der Waals surface area contributed by atoms with Crippen molar-refractivity contribution < 1.29 is 0 Å². The van der Waals surface area contributed by atoms with Gasteiger partial charge in [0.25, 0.3) is 0 Å². The second-order valence-electron chi connectivity index (χ2n) is 4.19. The Balaban J connectivity index is 2.11. The van der Waals surface area contributed by atoms with E-state index in [1.807, 2.05) is 12.3 Å². The number of aromatic nitrogens is 1. The lowest BCUT2D eigenvalue weighted by Crippen LogP contribution is -2.46. The van der Waals surface area contributed by atoms with Crippen LogP contribution in [0.5, 0.6) is 0 Å². The molecule has 0 N–H and O–H groups in total. The van der Waals surface area contributed by atoms with Crippen LogP contribution in [0.2, 0.25) is 0 Å². The van der Waals surface area contributed by atoms with Gasteiger partial charge in [-0.05, 0) is 41.0 Å². The maximum Gasteiger partial charge on any atom is 0.143 e. The lowest BCUT2D eigenvalue weighted by atomic mass is 10.2. The molecule has 0 radical (unpaired) electrons. The van der Waals surface area contributed by atoms with Crippen LogP contribution in [0.3, 0.4) is 0 Å². The van der Waals surface area contributed by atoms with E-state index in [1.165, 1.54) is 5.56 Å². The van der Waals surface area contributed by atoms with E-state index in [0.717, 1.165) is 43.0 Å². The summed E-state index contributed by atoms with van der Waals surface area (Å²) in [6, 6.07) is 2.04. The minimum absolute atomic E-state index is 1.07. The van der Waals surface area contributed by atoms with E-state index in [9.17, 15) is 0 Å². The summed E-state index contributed by atoms with van der Waals surface area (Å²) in [6.07, 6.45) is 1.89. The molecule has 2 rings (SSSR count). The van der Waals surface area contributed by atoms with Gasteiger partial charge >= 0.3 is 0 Å². The number of anilines is 1. The zero-order valence-electron chi connectivity index (χ0n) is 9.91. The van der Waals surface area contributed by atoms with Crippen molar-refractivity contribution in [2.24, 2.45) is 0 Å². The molecule has 3 nitrogen and oxygen atoms in total.